The molecular formula is C18H22ClN3O2. The van der Waals surface area contributed by atoms with Crippen molar-refractivity contribution in [2.24, 2.45) is 0 Å². The maximum Gasteiger partial charge on any atom is 0.272 e. The summed E-state index contributed by atoms with van der Waals surface area (Å²) in [6.45, 7) is 2.71. The maximum atomic E-state index is 12.8. The third kappa shape index (κ3) is 3.86. The van der Waals surface area contributed by atoms with Gasteiger partial charge in [0.1, 0.15) is 5.69 Å². The number of hydrogen-bond donors (Lipinski definition) is 0. The Hall–Kier alpha value is -1.69. The van der Waals surface area contributed by atoms with E-state index in [0.717, 1.165) is 18.4 Å². The van der Waals surface area contributed by atoms with Gasteiger partial charge >= 0.3 is 0 Å². The van der Waals surface area contributed by atoms with E-state index >= 15 is 0 Å². The SMILES string of the molecule is CN(C)CCC1CN(C(=O)c2ccc3cccc(Cl)c3n2)CCO1. The zero-order valence-corrected chi connectivity index (χ0v) is 14.8. The normalized spacial score (nSPS) is 18.3. The number of halogens is 1. The molecule has 0 radical (unpaired) electrons. The van der Waals surface area contributed by atoms with Crippen molar-refractivity contribution in [1.29, 1.82) is 0 Å². The lowest BCUT2D eigenvalue weighted by atomic mass is 10.1. The fourth-order valence-corrected chi connectivity index (χ4v) is 3.10. The average molecular weight is 348 g/mol. The molecule has 1 unspecified atom stereocenters. The first-order valence-corrected chi connectivity index (χ1v) is 8.53. The van der Waals surface area contributed by atoms with Gasteiger partial charge in [-0.05, 0) is 32.6 Å². The monoisotopic (exact) mass is 347 g/mol. The predicted octanol–water partition coefficient (Wildman–Crippen LogP) is 2.68. The molecule has 3 rings (SSSR count). The van der Waals surface area contributed by atoms with Crippen LogP contribution in [0.25, 0.3) is 10.9 Å². The number of benzene rings is 1. The van der Waals surface area contributed by atoms with Gasteiger partial charge in [-0.1, -0.05) is 29.8 Å². The standard InChI is InChI=1S/C18H22ClN3O2/c1-21(2)9-8-14-12-22(10-11-24-14)18(23)16-7-6-13-4-3-5-15(19)17(13)20-16/h3-7,14H,8-12H2,1-2H3. The molecule has 1 aromatic carbocycles. The van der Waals surface area contributed by atoms with Crippen LogP contribution < -0.4 is 0 Å². The highest BCUT2D eigenvalue weighted by Crippen LogP contribution is 2.22. The van der Waals surface area contributed by atoms with Crippen molar-refractivity contribution in [3.8, 4) is 0 Å². The molecule has 0 aliphatic carbocycles. The summed E-state index contributed by atoms with van der Waals surface area (Å²) >= 11 is 6.20. The quantitative estimate of drug-likeness (QED) is 0.853. The minimum absolute atomic E-state index is 0.0602. The van der Waals surface area contributed by atoms with Crippen LogP contribution in [0.2, 0.25) is 5.02 Å². The number of rotatable bonds is 4. The Kier molecular flexibility index (Phi) is 5.33. The van der Waals surface area contributed by atoms with Gasteiger partial charge < -0.3 is 14.5 Å². The van der Waals surface area contributed by atoms with Gasteiger partial charge in [0.2, 0.25) is 0 Å². The van der Waals surface area contributed by atoms with Crippen LogP contribution in [-0.2, 0) is 4.74 Å². The summed E-state index contributed by atoms with van der Waals surface area (Å²) in [5.41, 5.74) is 1.10. The fraction of sp³-hybridized carbons (Fsp3) is 0.444. The average Bonchev–Trinajstić information content (AvgIpc) is 2.60. The zero-order chi connectivity index (χ0) is 17.1. The molecule has 24 heavy (non-hydrogen) atoms. The Morgan fingerprint density at radius 1 is 1.38 bits per heavy atom. The molecule has 2 aromatic rings. The number of carbonyl (C=O) groups excluding carboxylic acids is 1. The molecule has 1 aliphatic rings. The molecule has 1 atom stereocenters. The number of hydrogen-bond acceptors (Lipinski definition) is 4. The van der Waals surface area contributed by atoms with Gasteiger partial charge in [0, 0.05) is 25.0 Å². The number of carbonyl (C=O) groups is 1. The highest BCUT2D eigenvalue weighted by Gasteiger charge is 2.25. The molecular weight excluding hydrogens is 326 g/mol. The van der Waals surface area contributed by atoms with Crippen LogP contribution in [0.4, 0.5) is 0 Å². The lowest BCUT2D eigenvalue weighted by molar-refractivity contribution is -0.0271. The molecule has 0 saturated carbocycles. The van der Waals surface area contributed by atoms with E-state index in [1.807, 2.05) is 37.2 Å². The Morgan fingerprint density at radius 3 is 3.00 bits per heavy atom. The molecule has 0 spiro atoms. The van der Waals surface area contributed by atoms with Gasteiger partial charge in [-0.15, -0.1) is 0 Å². The van der Waals surface area contributed by atoms with Crippen molar-refractivity contribution >= 4 is 28.4 Å². The number of ether oxygens (including phenoxy) is 1. The second-order valence-electron chi connectivity index (χ2n) is 6.34. The van der Waals surface area contributed by atoms with Gasteiger partial charge in [-0.2, -0.15) is 0 Å². The van der Waals surface area contributed by atoms with Crippen LogP contribution in [0.15, 0.2) is 30.3 Å². The first kappa shape index (κ1) is 17.1. The number of pyridine rings is 1. The summed E-state index contributed by atoms with van der Waals surface area (Å²) in [5, 5.41) is 1.50. The molecule has 1 saturated heterocycles. The lowest BCUT2D eigenvalue weighted by Gasteiger charge is -2.33. The highest BCUT2D eigenvalue weighted by molar-refractivity contribution is 6.35. The van der Waals surface area contributed by atoms with E-state index in [9.17, 15) is 4.79 Å². The van der Waals surface area contributed by atoms with Crippen molar-refractivity contribution in [1.82, 2.24) is 14.8 Å². The Morgan fingerprint density at radius 2 is 2.21 bits per heavy atom. The van der Waals surface area contributed by atoms with Crippen LogP contribution in [0.3, 0.4) is 0 Å². The smallest absolute Gasteiger partial charge is 0.272 e. The van der Waals surface area contributed by atoms with E-state index in [0.29, 0.717) is 35.9 Å². The summed E-state index contributed by atoms with van der Waals surface area (Å²) in [5.74, 6) is -0.0602. The van der Waals surface area contributed by atoms with Gasteiger partial charge in [-0.25, -0.2) is 4.98 Å². The summed E-state index contributed by atoms with van der Waals surface area (Å²) in [4.78, 5) is 21.2. The third-order valence-electron chi connectivity index (χ3n) is 4.21. The van der Waals surface area contributed by atoms with E-state index in [1.165, 1.54) is 0 Å². The topological polar surface area (TPSA) is 45.7 Å². The largest absolute Gasteiger partial charge is 0.374 e. The zero-order valence-electron chi connectivity index (χ0n) is 14.0. The molecule has 1 fully saturated rings. The minimum Gasteiger partial charge on any atom is -0.374 e. The summed E-state index contributed by atoms with van der Waals surface area (Å²) < 4.78 is 5.77. The van der Waals surface area contributed by atoms with E-state index in [4.69, 9.17) is 16.3 Å². The van der Waals surface area contributed by atoms with Crippen LogP contribution in [0.5, 0.6) is 0 Å². The van der Waals surface area contributed by atoms with Crippen molar-refractivity contribution in [2.45, 2.75) is 12.5 Å². The molecule has 0 N–H and O–H groups in total. The van der Waals surface area contributed by atoms with Crippen molar-refractivity contribution in [3.05, 3.63) is 41.0 Å². The van der Waals surface area contributed by atoms with E-state index in [1.54, 1.807) is 12.1 Å². The van der Waals surface area contributed by atoms with Crippen molar-refractivity contribution in [3.63, 3.8) is 0 Å². The molecule has 5 nitrogen and oxygen atoms in total. The van der Waals surface area contributed by atoms with Crippen LogP contribution >= 0.6 is 11.6 Å². The van der Waals surface area contributed by atoms with Gasteiger partial charge in [0.25, 0.3) is 5.91 Å². The van der Waals surface area contributed by atoms with Gasteiger partial charge in [0.15, 0.2) is 0 Å². The number of amides is 1. The lowest BCUT2D eigenvalue weighted by Crippen LogP contribution is -2.46. The first-order valence-electron chi connectivity index (χ1n) is 8.15. The predicted molar refractivity (Wildman–Crippen MR) is 95.6 cm³/mol. The number of para-hydroxylation sites is 1. The molecule has 0 bridgehead atoms. The second-order valence-corrected chi connectivity index (χ2v) is 6.75. The summed E-state index contributed by atoms with van der Waals surface area (Å²) in [7, 11) is 4.07. The van der Waals surface area contributed by atoms with E-state index in [-0.39, 0.29) is 12.0 Å². The molecule has 6 heteroatoms. The molecule has 1 aliphatic heterocycles. The Bertz CT molecular complexity index is 735. The third-order valence-corrected chi connectivity index (χ3v) is 4.52. The Balaban J connectivity index is 1.74. The van der Waals surface area contributed by atoms with E-state index < -0.39 is 0 Å². The Labute approximate surface area is 147 Å². The maximum absolute atomic E-state index is 12.8. The highest BCUT2D eigenvalue weighted by atomic mass is 35.5. The van der Waals surface area contributed by atoms with E-state index in [2.05, 4.69) is 9.88 Å². The first-order chi connectivity index (χ1) is 11.5. The number of fused-ring (bicyclic) bond motifs is 1. The van der Waals surface area contributed by atoms with Crippen LogP contribution in [0.1, 0.15) is 16.9 Å². The van der Waals surface area contributed by atoms with Crippen LogP contribution in [0, 0.1) is 0 Å². The van der Waals surface area contributed by atoms with Gasteiger partial charge in [-0.3, -0.25) is 4.79 Å². The fourth-order valence-electron chi connectivity index (χ4n) is 2.87. The summed E-state index contributed by atoms with van der Waals surface area (Å²) in [6, 6.07) is 9.27. The second kappa shape index (κ2) is 7.47. The van der Waals surface area contributed by atoms with Crippen LogP contribution in [-0.4, -0.2) is 67.1 Å². The molecule has 2 heterocycles. The van der Waals surface area contributed by atoms with Crippen molar-refractivity contribution < 1.29 is 9.53 Å². The number of morpholine rings is 1. The number of nitrogens with zero attached hydrogens (tertiary/aromatic N) is 3. The molecule has 1 amide bonds. The summed E-state index contributed by atoms with van der Waals surface area (Å²) in [6.07, 6.45) is 0.988. The molecule has 128 valence electrons. The number of aromatic nitrogens is 1. The minimum atomic E-state index is -0.0602. The molecule has 1 aromatic heterocycles. The van der Waals surface area contributed by atoms with Gasteiger partial charge in [0.05, 0.1) is 23.3 Å². The van der Waals surface area contributed by atoms with Crippen molar-refractivity contribution in [2.75, 3.05) is 40.3 Å².